The molecule has 4 rings (SSSR count). The number of aryl methyl sites for hydroxylation is 1. The zero-order valence-electron chi connectivity index (χ0n) is 16.7. The molecule has 0 spiro atoms. The summed E-state index contributed by atoms with van der Waals surface area (Å²) in [5.74, 6) is 1.54. The molecule has 29 heavy (non-hydrogen) atoms. The van der Waals surface area contributed by atoms with E-state index in [-0.39, 0.29) is 0 Å². The Hall–Kier alpha value is -2.23. The number of nitrogens with zero attached hydrogens (tertiary/aromatic N) is 5. The average molecular weight is 418 g/mol. The molecule has 0 aliphatic carbocycles. The highest BCUT2D eigenvalue weighted by atomic mass is 32.2. The Morgan fingerprint density at radius 3 is 2.28 bits per heavy atom. The number of anilines is 2. The zero-order chi connectivity index (χ0) is 20.3. The summed E-state index contributed by atoms with van der Waals surface area (Å²) < 4.78 is 32.9. The Labute approximate surface area is 172 Å². The van der Waals surface area contributed by atoms with E-state index in [9.17, 15) is 8.42 Å². The van der Waals surface area contributed by atoms with Gasteiger partial charge in [-0.1, -0.05) is 19.1 Å². The summed E-state index contributed by atoms with van der Waals surface area (Å²) in [5, 5.41) is 0. The largest absolute Gasteiger partial charge is 0.378 e. The molecule has 1 aromatic carbocycles. The minimum atomic E-state index is -3.47. The van der Waals surface area contributed by atoms with Crippen LogP contribution in [0.15, 0.2) is 41.4 Å². The van der Waals surface area contributed by atoms with Gasteiger partial charge < -0.3 is 14.5 Å². The summed E-state index contributed by atoms with van der Waals surface area (Å²) >= 11 is 0. The molecular weight excluding hydrogens is 390 g/mol. The van der Waals surface area contributed by atoms with E-state index in [0.717, 1.165) is 30.9 Å². The predicted molar refractivity (Wildman–Crippen MR) is 112 cm³/mol. The van der Waals surface area contributed by atoms with Crippen LogP contribution in [-0.4, -0.2) is 75.2 Å². The van der Waals surface area contributed by atoms with Crippen LogP contribution in [0.4, 0.5) is 11.8 Å². The lowest BCUT2D eigenvalue weighted by molar-refractivity contribution is 0.122. The fraction of sp³-hybridized carbons (Fsp3) is 0.500. The van der Waals surface area contributed by atoms with E-state index < -0.39 is 10.0 Å². The molecule has 0 unspecified atom stereocenters. The monoisotopic (exact) mass is 417 g/mol. The Bertz CT molecular complexity index is 921. The number of aromatic nitrogens is 2. The molecule has 0 bridgehead atoms. The minimum Gasteiger partial charge on any atom is -0.378 e. The lowest BCUT2D eigenvalue weighted by Gasteiger charge is -2.35. The highest BCUT2D eigenvalue weighted by Crippen LogP contribution is 2.22. The van der Waals surface area contributed by atoms with Crippen molar-refractivity contribution < 1.29 is 13.2 Å². The van der Waals surface area contributed by atoms with Crippen molar-refractivity contribution in [3.05, 3.63) is 42.1 Å². The Kier molecular flexibility index (Phi) is 5.98. The van der Waals surface area contributed by atoms with Crippen molar-refractivity contribution in [1.29, 1.82) is 0 Å². The van der Waals surface area contributed by atoms with Crippen molar-refractivity contribution in [2.45, 2.75) is 18.2 Å². The molecule has 2 fully saturated rings. The van der Waals surface area contributed by atoms with Gasteiger partial charge in [-0.3, -0.25) is 0 Å². The van der Waals surface area contributed by atoms with E-state index in [2.05, 4.69) is 21.7 Å². The van der Waals surface area contributed by atoms with Crippen molar-refractivity contribution in [2.24, 2.45) is 0 Å². The van der Waals surface area contributed by atoms with Crippen LogP contribution in [0.1, 0.15) is 12.5 Å². The van der Waals surface area contributed by atoms with E-state index in [1.807, 2.05) is 18.2 Å². The molecule has 8 nitrogen and oxygen atoms in total. The highest BCUT2D eigenvalue weighted by Gasteiger charge is 2.29. The highest BCUT2D eigenvalue weighted by molar-refractivity contribution is 7.89. The molecular formula is C20H27N5O3S. The molecule has 2 aliphatic heterocycles. The standard InChI is InChI=1S/C20H27N5O3S/c1-2-17-3-5-18(6-4-17)29(26,27)25-11-9-23(10-12-25)19-7-8-21-20(22-19)24-13-15-28-16-14-24/h3-8H,2,9-16H2,1H3. The molecule has 0 saturated carbocycles. The third kappa shape index (κ3) is 4.36. The lowest BCUT2D eigenvalue weighted by atomic mass is 10.2. The first-order valence-electron chi connectivity index (χ1n) is 10.1. The SMILES string of the molecule is CCc1ccc(S(=O)(=O)N2CCN(c3ccnc(N4CCOCC4)n3)CC2)cc1. The molecule has 3 heterocycles. The molecule has 156 valence electrons. The predicted octanol–water partition coefficient (Wildman–Crippen LogP) is 1.39. The normalized spacial score (nSPS) is 18.8. The van der Waals surface area contributed by atoms with E-state index >= 15 is 0 Å². The summed E-state index contributed by atoms with van der Waals surface area (Å²) in [4.78, 5) is 13.7. The molecule has 0 atom stereocenters. The maximum absolute atomic E-state index is 13.0. The fourth-order valence-corrected chi connectivity index (χ4v) is 5.06. The Morgan fingerprint density at radius 1 is 0.931 bits per heavy atom. The number of morpholine rings is 1. The van der Waals surface area contributed by atoms with Gasteiger partial charge in [0.2, 0.25) is 16.0 Å². The number of hydrogen-bond donors (Lipinski definition) is 0. The van der Waals surface area contributed by atoms with Crippen molar-refractivity contribution in [3.8, 4) is 0 Å². The third-order valence-electron chi connectivity index (χ3n) is 5.45. The van der Waals surface area contributed by atoms with Gasteiger partial charge in [0.15, 0.2) is 0 Å². The quantitative estimate of drug-likeness (QED) is 0.727. The number of hydrogen-bond acceptors (Lipinski definition) is 7. The number of piperazine rings is 1. The molecule has 2 aromatic rings. The number of sulfonamides is 1. The molecule has 0 radical (unpaired) electrons. The van der Waals surface area contributed by atoms with Gasteiger partial charge >= 0.3 is 0 Å². The first-order valence-corrected chi connectivity index (χ1v) is 11.5. The van der Waals surface area contributed by atoms with E-state index in [1.165, 1.54) is 0 Å². The molecule has 2 saturated heterocycles. The van der Waals surface area contributed by atoms with Crippen LogP contribution in [-0.2, 0) is 21.2 Å². The summed E-state index contributed by atoms with van der Waals surface area (Å²) in [7, 11) is -3.47. The summed E-state index contributed by atoms with van der Waals surface area (Å²) in [6, 6.07) is 9.07. The first-order chi connectivity index (χ1) is 14.1. The number of rotatable bonds is 5. The number of ether oxygens (including phenoxy) is 1. The second-order valence-electron chi connectivity index (χ2n) is 7.20. The van der Waals surface area contributed by atoms with Gasteiger partial charge in [0.25, 0.3) is 0 Å². The molecule has 0 N–H and O–H groups in total. The molecule has 1 aromatic heterocycles. The van der Waals surface area contributed by atoms with Gasteiger partial charge in [0.1, 0.15) is 5.82 Å². The maximum atomic E-state index is 13.0. The Morgan fingerprint density at radius 2 is 1.62 bits per heavy atom. The Balaban J connectivity index is 1.42. The zero-order valence-corrected chi connectivity index (χ0v) is 17.5. The van der Waals surface area contributed by atoms with Gasteiger partial charge in [0, 0.05) is 45.5 Å². The van der Waals surface area contributed by atoms with Gasteiger partial charge in [0.05, 0.1) is 18.1 Å². The lowest BCUT2D eigenvalue weighted by Crippen LogP contribution is -2.49. The second-order valence-corrected chi connectivity index (χ2v) is 9.14. The van der Waals surface area contributed by atoms with Crippen LogP contribution in [0.25, 0.3) is 0 Å². The van der Waals surface area contributed by atoms with Crippen molar-refractivity contribution >= 4 is 21.8 Å². The van der Waals surface area contributed by atoms with Gasteiger partial charge in [-0.05, 0) is 30.2 Å². The van der Waals surface area contributed by atoms with Gasteiger partial charge in [-0.2, -0.15) is 9.29 Å². The smallest absolute Gasteiger partial charge is 0.243 e. The van der Waals surface area contributed by atoms with Crippen LogP contribution in [0.5, 0.6) is 0 Å². The fourth-order valence-electron chi connectivity index (χ4n) is 3.63. The van der Waals surface area contributed by atoms with Crippen molar-refractivity contribution in [1.82, 2.24) is 14.3 Å². The van der Waals surface area contributed by atoms with Gasteiger partial charge in [-0.25, -0.2) is 13.4 Å². The van der Waals surface area contributed by atoms with E-state index in [1.54, 1.807) is 22.6 Å². The summed E-state index contributed by atoms with van der Waals surface area (Å²) in [6.07, 6.45) is 2.66. The van der Waals surface area contributed by atoms with E-state index in [0.29, 0.717) is 50.2 Å². The van der Waals surface area contributed by atoms with Crippen molar-refractivity contribution in [2.75, 3.05) is 62.3 Å². The topological polar surface area (TPSA) is 78.9 Å². The maximum Gasteiger partial charge on any atom is 0.243 e. The van der Waals surface area contributed by atoms with Crippen molar-refractivity contribution in [3.63, 3.8) is 0 Å². The van der Waals surface area contributed by atoms with Crippen LogP contribution < -0.4 is 9.80 Å². The molecule has 0 amide bonds. The number of benzene rings is 1. The summed E-state index contributed by atoms with van der Waals surface area (Å²) in [6.45, 7) is 7.08. The van der Waals surface area contributed by atoms with E-state index in [4.69, 9.17) is 9.72 Å². The minimum absolute atomic E-state index is 0.361. The van der Waals surface area contributed by atoms with Gasteiger partial charge in [-0.15, -0.1) is 0 Å². The van der Waals surface area contributed by atoms with Crippen LogP contribution >= 0.6 is 0 Å². The van der Waals surface area contributed by atoms with Crippen LogP contribution in [0.3, 0.4) is 0 Å². The molecule has 9 heteroatoms. The molecule has 2 aliphatic rings. The third-order valence-corrected chi connectivity index (χ3v) is 7.37. The summed E-state index contributed by atoms with van der Waals surface area (Å²) in [5.41, 5.74) is 1.13. The van der Waals surface area contributed by atoms with Crippen LogP contribution in [0.2, 0.25) is 0 Å². The van der Waals surface area contributed by atoms with Crippen LogP contribution in [0, 0.1) is 0 Å². The second kappa shape index (κ2) is 8.64. The average Bonchev–Trinajstić information content (AvgIpc) is 2.80. The first kappa shape index (κ1) is 20.1.